The molecule has 198 valence electrons. The summed E-state index contributed by atoms with van der Waals surface area (Å²) in [5, 5.41) is 5.86. The second-order valence-electron chi connectivity index (χ2n) is 9.71. The number of carbonyl (C=O) groups excluding carboxylic acids is 3. The molecule has 1 aliphatic heterocycles. The molecule has 3 amide bonds. The lowest BCUT2D eigenvalue weighted by Crippen LogP contribution is -2.58. The first kappa shape index (κ1) is 28.7. The zero-order valence-electron chi connectivity index (χ0n) is 21.9. The molecule has 3 atom stereocenters. The zero-order chi connectivity index (χ0) is 26.1. The number of hydrogen-bond donors (Lipinski definition) is 2. The number of aliphatic imine (C=N–C) groups is 1. The van der Waals surface area contributed by atoms with E-state index < -0.39 is 18.1 Å². The summed E-state index contributed by atoms with van der Waals surface area (Å²) in [6.45, 7) is 6.08. The molecule has 0 radical (unpaired) electrons. The van der Waals surface area contributed by atoms with E-state index in [1.165, 1.54) is 5.56 Å². The van der Waals surface area contributed by atoms with E-state index in [0.717, 1.165) is 53.5 Å². The van der Waals surface area contributed by atoms with Gasteiger partial charge in [-0.15, -0.1) is 0 Å². The SMILES string of the molecule is CN[C@H](C)C(=O)N[C@H](C(=O)N1CCSCCSCC[C@H]1C(=O)N=C1CCCc2ccccc21)C(C)C. The van der Waals surface area contributed by atoms with Crippen LogP contribution in [-0.2, 0) is 20.8 Å². The Labute approximate surface area is 224 Å². The van der Waals surface area contributed by atoms with Crippen molar-refractivity contribution in [2.75, 3.05) is 36.6 Å². The Morgan fingerprint density at radius 1 is 1.03 bits per heavy atom. The van der Waals surface area contributed by atoms with Crippen molar-refractivity contribution < 1.29 is 14.4 Å². The summed E-state index contributed by atoms with van der Waals surface area (Å²) in [6.07, 6.45) is 3.28. The molecule has 0 unspecified atom stereocenters. The van der Waals surface area contributed by atoms with Crippen LogP contribution in [0.1, 0.15) is 51.2 Å². The molecule has 2 aliphatic rings. The number of hydrogen-bond acceptors (Lipinski definition) is 6. The van der Waals surface area contributed by atoms with Crippen molar-refractivity contribution in [3.8, 4) is 0 Å². The van der Waals surface area contributed by atoms with E-state index in [1.807, 2.05) is 43.8 Å². The molecular weight excluding hydrogens is 492 g/mol. The fourth-order valence-corrected chi connectivity index (χ4v) is 6.60. The fraction of sp³-hybridized carbons (Fsp3) is 0.630. The van der Waals surface area contributed by atoms with Gasteiger partial charge < -0.3 is 15.5 Å². The lowest BCUT2D eigenvalue weighted by atomic mass is 9.90. The number of nitrogens with one attached hydrogen (secondary N) is 2. The topological polar surface area (TPSA) is 90.9 Å². The van der Waals surface area contributed by atoms with Crippen molar-refractivity contribution >= 4 is 47.0 Å². The molecule has 0 aromatic heterocycles. The third-order valence-electron chi connectivity index (χ3n) is 6.82. The smallest absolute Gasteiger partial charge is 0.268 e. The van der Waals surface area contributed by atoms with Crippen LogP contribution in [0.3, 0.4) is 0 Å². The van der Waals surface area contributed by atoms with E-state index in [-0.39, 0.29) is 23.6 Å². The Morgan fingerprint density at radius 3 is 2.47 bits per heavy atom. The summed E-state index contributed by atoms with van der Waals surface area (Å²) in [6, 6.07) is 6.40. The molecule has 1 saturated heterocycles. The van der Waals surface area contributed by atoms with Crippen molar-refractivity contribution in [3.05, 3.63) is 35.4 Å². The highest BCUT2D eigenvalue weighted by Gasteiger charge is 2.36. The molecule has 0 bridgehead atoms. The van der Waals surface area contributed by atoms with Gasteiger partial charge in [-0.25, -0.2) is 4.99 Å². The maximum atomic E-state index is 13.9. The van der Waals surface area contributed by atoms with E-state index in [9.17, 15) is 14.4 Å². The molecule has 36 heavy (non-hydrogen) atoms. The second-order valence-corrected chi connectivity index (χ2v) is 12.2. The predicted molar refractivity (Wildman–Crippen MR) is 151 cm³/mol. The van der Waals surface area contributed by atoms with Crippen LogP contribution in [0, 0.1) is 5.92 Å². The highest BCUT2D eigenvalue weighted by molar-refractivity contribution is 8.02. The predicted octanol–water partition coefficient (Wildman–Crippen LogP) is 3.15. The fourth-order valence-electron chi connectivity index (χ4n) is 4.54. The van der Waals surface area contributed by atoms with Gasteiger partial charge in [0.25, 0.3) is 5.91 Å². The molecule has 0 spiro atoms. The lowest BCUT2D eigenvalue weighted by Gasteiger charge is -2.35. The number of rotatable bonds is 6. The van der Waals surface area contributed by atoms with Gasteiger partial charge in [0.1, 0.15) is 12.1 Å². The van der Waals surface area contributed by atoms with Crippen molar-refractivity contribution in [1.29, 1.82) is 0 Å². The number of benzene rings is 1. The van der Waals surface area contributed by atoms with E-state index in [0.29, 0.717) is 13.0 Å². The highest BCUT2D eigenvalue weighted by Crippen LogP contribution is 2.24. The summed E-state index contributed by atoms with van der Waals surface area (Å²) >= 11 is 3.61. The number of amides is 3. The minimum Gasteiger partial charge on any atom is -0.343 e. The number of nitrogens with zero attached hydrogens (tertiary/aromatic N) is 2. The molecule has 1 aliphatic carbocycles. The molecule has 1 heterocycles. The minimum absolute atomic E-state index is 0.116. The van der Waals surface area contributed by atoms with Gasteiger partial charge in [-0.05, 0) is 62.5 Å². The summed E-state index contributed by atoms with van der Waals surface area (Å²) < 4.78 is 0. The van der Waals surface area contributed by atoms with Gasteiger partial charge in [-0.1, -0.05) is 38.1 Å². The first-order chi connectivity index (χ1) is 17.3. The first-order valence-electron chi connectivity index (χ1n) is 13.0. The van der Waals surface area contributed by atoms with Crippen LogP contribution in [0.5, 0.6) is 0 Å². The second kappa shape index (κ2) is 14.2. The molecule has 9 heteroatoms. The third kappa shape index (κ3) is 7.59. The Hall–Kier alpha value is -1.84. The largest absolute Gasteiger partial charge is 0.343 e. The first-order valence-corrected chi connectivity index (χ1v) is 15.3. The maximum Gasteiger partial charge on any atom is 0.268 e. The Balaban J connectivity index is 1.91. The molecule has 3 rings (SSSR count). The average molecular weight is 533 g/mol. The molecule has 1 aromatic carbocycles. The lowest BCUT2D eigenvalue weighted by molar-refractivity contribution is -0.143. The van der Waals surface area contributed by atoms with Crippen LogP contribution in [0.25, 0.3) is 0 Å². The van der Waals surface area contributed by atoms with E-state index in [1.54, 1.807) is 30.6 Å². The van der Waals surface area contributed by atoms with Gasteiger partial charge >= 0.3 is 0 Å². The van der Waals surface area contributed by atoms with Crippen LogP contribution in [0.15, 0.2) is 29.3 Å². The maximum absolute atomic E-state index is 13.9. The van der Waals surface area contributed by atoms with Gasteiger partial charge in [-0.3, -0.25) is 14.4 Å². The van der Waals surface area contributed by atoms with E-state index in [2.05, 4.69) is 21.7 Å². The number of likely N-dealkylation sites (N-methyl/N-ethyl adjacent to an activating group) is 1. The normalized spacial score (nSPS) is 22.0. The molecule has 0 saturated carbocycles. The number of thioether (sulfide) groups is 2. The van der Waals surface area contributed by atoms with E-state index in [4.69, 9.17) is 0 Å². The van der Waals surface area contributed by atoms with Crippen molar-refractivity contribution in [2.24, 2.45) is 10.9 Å². The third-order valence-corrected chi connectivity index (χ3v) is 9.06. The molecule has 7 nitrogen and oxygen atoms in total. The van der Waals surface area contributed by atoms with Gasteiger partial charge in [0.2, 0.25) is 11.8 Å². The number of carbonyl (C=O) groups is 3. The highest BCUT2D eigenvalue weighted by atomic mass is 32.2. The molecule has 1 aromatic rings. The monoisotopic (exact) mass is 532 g/mol. The van der Waals surface area contributed by atoms with Crippen LogP contribution in [0.4, 0.5) is 0 Å². The van der Waals surface area contributed by atoms with Crippen LogP contribution < -0.4 is 10.6 Å². The van der Waals surface area contributed by atoms with Crippen molar-refractivity contribution in [2.45, 2.75) is 64.6 Å². The van der Waals surface area contributed by atoms with Gasteiger partial charge in [0.05, 0.1) is 11.8 Å². The summed E-state index contributed by atoms with van der Waals surface area (Å²) in [5.41, 5.74) is 3.10. The summed E-state index contributed by atoms with van der Waals surface area (Å²) in [4.78, 5) is 46.7. The van der Waals surface area contributed by atoms with Crippen LogP contribution >= 0.6 is 23.5 Å². The standard InChI is InChI=1S/C27H40N4O3S2/c1-18(2)24(30-25(32)19(3)28-4)27(34)31-13-15-36-17-16-35-14-12-23(31)26(33)29-22-11-7-9-20-8-5-6-10-21(20)22/h5-6,8,10,18-19,23-24,28H,7,9,11-17H2,1-4H3,(H,30,32)/t19-,23+,24+/m1/s1. The minimum atomic E-state index is -0.702. The molecular formula is C27H40N4O3S2. The quantitative estimate of drug-likeness (QED) is 0.585. The Kier molecular flexibility index (Phi) is 11.3. The average Bonchev–Trinajstić information content (AvgIpc) is 2.88. The zero-order valence-corrected chi connectivity index (χ0v) is 23.6. The molecule has 1 fully saturated rings. The van der Waals surface area contributed by atoms with Crippen molar-refractivity contribution in [3.63, 3.8) is 0 Å². The van der Waals surface area contributed by atoms with E-state index >= 15 is 0 Å². The Morgan fingerprint density at radius 2 is 1.75 bits per heavy atom. The van der Waals surface area contributed by atoms with Gasteiger partial charge in [0, 0.05) is 23.8 Å². The Bertz CT molecular complexity index is 953. The number of aryl methyl sites for hydroxylation is 1. The summed E-state index contributed by atoms with van der Waals surface area (Å²) in [5.74, 6) is 2.81. The van der Waals surface area contributed by atoms with Gasteiger partial charge in [-0.2, -0.15) is 23.5 Å². The molecule has 2 N–H and O–H groups in total. The van der Waals surface area contributed by atoms with Gasteiger partial charge in [0.15, 0.2) is 0 Å². The summed E-state index contributed by atoms with van der Waals surface area (Å²) in [7, 11) is 1.72. The van der Waals surface area contributed by atoms with Crippen LogP contribution in [0.2, 0.25) is 0 Å². The van der Waals surface area contributed by atoms with Crippen molar-refractivity contribution in [1.82, 2.24) is 15.5 Å². The van der Waals surface area contributed by atoms with Crippen LogP contribution in [-0.4, -0.2) is 83.1 Å². The number of fused-ring (bicyclic) bond motifs is 1.